The third-order valence-corrected chi connectivity index (χ3v) is 2.68. The number of phenolic OH excluding ortho intramolecular Hbond substituents is 1. The molecule has 90 valence electrons. The van der Waals surface area contributed by atoms with E-state index in [9.17, 15) is 5.11 Å². The van der Waals surface area contributed by atoms with E-state index in [1.807, 2.05) is 7.05 Å². The van der Waals surface area contributed by atoms with Crippen LogP contribution in [0.4, 0.5) is 0 Å². The fourth-order valence-corrected chi connectivity index (χ4v) is 1.72. The Balaban J connectivity index is 1.94. The molecule has 2 N–H and O–H groups in total. The highest BCUT2D eigenvalue weighted by molar-refractivity contribution is 6.31. The molecule has 2 aromatic rings. The molecule has 0 aliphatic rings. The van der Waals surface area contributed by atoms with Crippen molar-refractivity contribution in [3.05, 3.63) is 40.9 Å². The predicted octanol–water partition coefficient (Wildman–Crippen LogP) is 1.46. The van der Waals surface area contributed by atoms with Gasteiger partial charge in [-0.3, -0.25) is 4.68 Å². The largest absolute Gasteiger partial charge is 0.508 e. The fourth-order valence-electron chi connectivity index (χ4n) is 1.49. The second kappa shape index (κ2) is 5.16. The number of aryl methyl sites for hydroxylation is 1. The van der Waals surface area contributed by atoms with Crippen LogP contribution in [0.3, 0.4) is 0 Å². The first-order chi connectivity index (χ1) is 8.16. The third kappa shape index (κ3) is 2.95. The van der Waals surface area contributed by atoms with Gasteiger partial charge in [-0.2, -0.15) is 5.10 Å². The van der Waals surface area contributed by atoms with Crippen LogP contribution in [0.5, 0.6) is 5.75 Å². The molecule has 0 aliphatic carbocycles. The van der Waals surface area contributed by atoms with Gasteiger partial charge in [0, 0.05) is 24.2 Å². The average molecular weight is 253 g/mol. The lowest BCUT2D eigenvalue weighted by Gasteiger charge is -2.07. The molecule has 2 rings (SSSR count). The molecule has 0 amide bonds. The van der Waals surface area contributed by atoms with E-state index in [-0.39, 0.29) is 5.75 Å². The molecular formula is C11H13ClN4O. The van der Waals surface area contributed by atoms with Crippen LogP contribution in [-0.4, -0.2) is 19.9 Å². The van der Waals surface area contributed by atoms with E-state index in [0.29, 0.717) is 29.5 Å². The topological polar surface area (TPSA) is 63.0 Å². The van der Waals surface area contributed by atoms with Gasteiger partial charge in [0.25, 0.3) is 0 Å². The van der Waals surface area contributed by atoms with Crippen LogP contribution in [0.15, 0.2) is 24.5 Å². The van der Waals surface area contributed by atoms with E-state index in [4.69, 9.17) is 11.6 Å². The molecule has 0 spiro atoms. The minimum absolute atomic E-state index is 0.194. The molecule has 1 aromatic carbocycles. The number of hydrogen-bond donors (Lipinski definition) is 2. The van der Waals surface area contributed by atoms with Crippen LogP contribution >= 0.6 is 11.6 Å². The highest BCUT2D eigenvalue weighted by Gasteiger charge is 2.06. The normalized spacial score (nSPS) is 10.7. The maximum absolute atomic E-state index is 9.63. The van der Waals surface area contributed by atoms with Gasteiger partial charge in [-0.25, -0.2) is 4.98 Å². The molecule has 0 fully saturated rings. The van der Waals surface area contributed by atoms with E-state index in [1.54, 1.807) is 29.2 Å². The number of rotatable bonds is 4. The molecular weight excluding hydrogens is 240 g/mol. The monoisotopic (exact) mass is 252 g/mol. The van der Waals surface area contributed by atoms with Crippen molar-refractivity contribution < 1.29 is 5.11 Å². The predicted molar refractivity (Wildman–Crippen MR) is 64.7 cm³/mol. The summed E-state index contributed by atoms with van der Waals surface area (Å²) in [6, 6.07) is 5.07. The van der Waals surface area contributed by atoms with Crippen molar-refractivity contribution in [2.75, 3.05) is 0 Å². The maximum Gasteiger partial charge on any atom is 0.164 e. The first-order valence-electron chi connectivity index (χ1n) is 5.18. The molecule has 0 bridgehead atoms. The van der Waals surface area contributed by atoms with E-state index >= 15 is 0 Å². The number of nitrogens with one attached hydrogen (secondary N) is 1. The maximum atomic E-state index is 9.63. The van der Waals surface area contributed by atoms with Gasteiger partial charge in [0.1, 0.15) is 12.1 Å². The van der Waals surface area contributed by atoms with E-state index in [1.165, 1.54) is 0 Å². The molecule has 1 aromatic heterocycles. The molecule has 0 unspecified atom stereocenters. The summed E-state index contributed by atoms with van der Waals surface area (Å²) < 4.78 is 1.64. The molecule has 6 heteroatoms. The Hall–Kier alpha value is -1.59. The van der Waals surface area contributed by atoms with Gasteiger partial charge in [-0.05, 0) is 12.1 Å². The summed E-state index contributed by atoms with van der Waals surface area (Å²) in [5.41, 5.74) is 0.685. The Bertz CT molecular complexity index is 492. The Labute approximate surface area is 104 Å². The first-order valence-corrected chi connectivity index (χ1v) is 5.56. The van der Waals surface area contributed by atoms with Crippen LogP contribution in [-0.2, 0) is 20.1 Å². The van der Waals surface area contributed by atoms with E-state index in [0.717, 1.165) is 0 Å². The quantitative estimate of drug-likeness (QED) is 0.865. The summed E-state index contributed by atoms with van der Waals surface area (Å²) in [4.78, 5) is 4.09. The number of hydrogen-bond acceptors (Lipinski definition) is 4. The van der Waals surface area contributed by atoms with Gasteiger partial charge >= 0.3 is 0 Å². The van der Waals surface area contributed by atoms with Crippen molar-refractivity contribution in [3.8, 4) is 5.75 Å². The Morgan fingerprint density at radius 1 is 1.41 bits per heavy atom. The highest BCUT2D eigenvalue weighted by atomic mass is 35.5. The second-order valence-electron chi connectivity index (χ2n) is 3.68. The minimum atomic E-state index is 0.194. The van der Waals surface area contributed by atoms with E-state index < -0.39 is 0 Å². The van der Waals surface area contributed by atoms with Crippen LogP contribution in [0, 0.1) is 0 Å². The molecule has 0 saturated heterocycles. The van der Waals surface area contributed by atoms with Gasteiger partial charge in [0.05, 0.1) is 6.54 Å². The lowest BCUT2D eigenvalue weighted by atomic mass is 10.2. The Morgan fingerprint density at radius 2 is 2.24 bits per heavy atom. The molecule has 0 atom stereocenters. The molecule has 5 nitrogen and oxygen atoms in total. The van der Waals surface area contributed by atoms with Gasteiger partial charge in [0.15, 0.2) is 5.82 Å². The van der Waals surface area contributed by atoms with Crippen molar-refractivity contribution >= 4 is 11.6 Å². The molecule has 1 heterocycles. The fraction of sp³-hybridized carbons (Fsp3) is 0.273. The second-order valence-corrected chi connectivity index (χ2v) is 4.08. The van der Waals surface area contributed by atoms with Crippen molar-refractivity contribution in [2.24, 2.45) is 7.05 Å². The summed E-state index contributed by atoms with van der Waals surface area (Å²) in [5, 5.41) is 17.4. The minimum Gasteiger partial charge on any atom is -0.508 e. The Morgan fingerprint density at radius 3 is 2.88 bits per heavy atom. The smallest absolute Gasteiger partial charge is 0.164 e. The summed E-state index contributed by atoms with van der Waals surface area (Å²) in [6.07, 6.45) is 1.64. The van der Waals surface area contributed by atoms with Crippen molar-refractivity contribution in [1.82, 2.24) is 20.1 Å². The summed E-state index contributed by atoms with van der Waals surface area (Å²) in [7, 11) is 1.82. The zero-order valence-corrected chi connectivity index (χ0v) is 10.1. The molecule has 17 heavy (non-hydrogen) atoms. The average Bonchev–Trinajstić information content (AvgIpc) is 2.69. The third-order valence-electron chi connectivity index (χ3n) is 2.33. The standard InChI is InChI=1S/C11H13ClN4O/c1-16-7-14-11(15-16)6-13-5-8-9(12)3-2-4-10(8)17/h2-4,7,13,17H,5-6H2,1H3. The SMILES string of the molecule is Cn1cnc(CNCc2c(O)cccc2Cl)n1. The van der Waals surface area contributed by atoms with Gasteiger partial charge in [-0.1, -0.05) is 17.7 Å². The molecule has 0 aliphatic heterocycles. The van der Waals surface area contributed by atoms with Gasteiger partial charge in [0.2, 0.25) is 0 Å². The number of nitrogens with zero attached hydrogens (tertiary/aromatic N) is 3. The van der Waals surface area contributed by atoms with Crippen LogP contribution in [0.1, 0.15) is 11.4 Å². The zero-order valence-electron chi connectivity index (χ0n) is 9.39. The summed E-state index contributed by atoms with van der Waals surface area (Å²) in [6.45, 7) is 1.01. The van der Waals surface area contributed by atoms with Crippen LogP contribution < -0.4 is 5.32 Å². The summed E-state index contributed by atoms with van der Waals surface area (Å²) >= 11 is 5.98. The molecule has 0 radical (unpaired) electrons. The number of benzene rings is 1. The number of aromatic hydroxyl groups is 1. The summed E-state index contributed by atoms with van der Waals surface area (Å²) in [5.74, 6) is 0.901. The van der Waals surface area contributed by atoms with Crippen molar-refractivity contribution in [2.45, 2.75) is 13.1 Å². The van der Waals surface area contributed by atoms with Crippen LogP contribution in [0.25, 0.3) is 0 Å². The molecule has 0 saturated carbocycles. The van der Waals surface area contributed by atoms with Gasteiger partial charge < -0.3 is 10.4 Å². The highest BCUT2D eigenvalue weighted by Crippen LogP contribution is 2.24. The number of phenols is 1. The van der Waals surface area contributed by atoms with Crippen molar-refractivity contribution in [3.63, 3.8) is 0 Å². The van der Waals surface area contributed by atoms with Crippen LogP contribution in [0.2, 0.25) is 5.02 Å². The Kier molecular flexibility index (Phi) is 3.61. The first kappa shape index (κ1) is 11.9. The lowest BCUT2D eigenvalue weighted by molar-refractivity contribution is 0.464. The number of halogens is 1. The van der Waals surface area contributed by atoms with Gasteiger partial charge in [-0.15, -0.1) is 0 Å². The number of aromatic nitrogens is 3. The zero-order chi connectivity index (χ0) is 12.3. The lowest BCUT2D eigenvalue weighted by Crippen LogP contribution is -2.14. The van der Waals surface area contributed by atoms with E-state index in [2.05, 4.69) is 15.4 Å². The van der Waals surface area contributed by atoms with Crippen molar-refractivity contribution in [1.29, 1.82) is 0 Å².